The molecular formula is C23H24FN3O3. The van der Waals surface area contributed by atoms with E-state index in [-0.39, 0.29) is 23.9 Å². The molecule has 0 N–H and O–H groups in total. The topological polar surface area (TPSA) is 56.6 Å². The Balaban J connectivity index is 1.78. The van der Waals surface area contributed by atoms with E-state index in [1.165, 1.54) is 12.1 Å². The Morgan fingerprint density at radius 1 is 1.10 bits per heavy atom. The van der Waals surface area contributed by atoms with E-state index in [1.807, 2.05) is 38.1 Å². The molecule has 1 aliphatic rings. The van der Waals surface area contributed by atoms with Gasteiger partial charge in [0.15, 0.2) is 0 Å². The van der Waals surface area contributed by atoms with Gasteiger partial charge < -0.3 is 14.4 Å². The van der Waals surface area contributed by atoms with Crippen molar-refractivity contribution in [2.45, 2.75) is 26.1 Å². The van der Waals surface area contributed by atoms with Crippen LogP contribution < -0.4 is 4.74 Å². The van der Waals surface area contributed by atoms with Gasteiger partial charge in [0.05, 0.1) is 30.7 Å². The number of carbonyl (C=O) groups is 1. The fourth-order valence-corrected chi connectivity index (χ4v) is 3.74. The van der Waals surface area contributed by atoms with Crippen LogP contribution in [-0.2, 0) is 4.74 Å². The highest BCUT2D eigenvalue weighted by molar-refractivity contribution is 5.94. The minimum atomic E-state index is -0.345. The summed E-state index contributed by atoms with van der Waals surface area (Å²) in [5.74, 6) is 0.220. The smallest absolute Gasteiger partial charge is 0.272 e. The van der Waals surface area contributed by atoms with Crippen LogP contribution in [0.5, 0.6) is 5.75 Å². The van der Waals surface area contributed by atoms with E-state index in [2.05, 4.69) is 5.10 Å². The molecule has 0 unspecified atom stereocenters. The molecule has 1 saturated heterocycles. The number of halogens is 1. The summed E-state index contributed by atoms with van der Waals surface area (Å²) in [6.07, 6.45) is -0.0875. The molecule has 2 heterocycles. The minimum absolute atomic E-state index is 0.0438. The number of aromatic nitrogens is 2. The van der Waals surface area contributed by atoms with Crippen LogP contribution in [0.4, 0.5) is 4.39 Å². The molecule has 156 valence electrons. The number of ether oxygens (including phenoxy) is 2. The molecule has 0 saturated carbocycles. The van der Waals surface area contributed by atoms with Crippen molar-refractivity contribution in [2.75, 3.05) is 20.2 Å². The first kappa shape index (κ1) is 20.1. The van der Waals surface area contributed by atoms with E-state index in [0.29, 0.717) is 35.9 Å². The van der Waals surface area contributed by atoms with Gasteiger partial charge in [-0.05, 0) is 56.3 Å². The molecule has 1 fully saturated rings. The third-order valence-electron chi connectivity index (χ3n) is 5.07. The molecular weight excluding hydrogens is 385 g/mol. The fourth-order valence-electron chi connectivity index (χ4n) is 3.74. The second-order valence-electron chi connectivity index (χ2n) is 7.50. The Morgan fingerprint density at radius 2 is 1.80 bits per heavy atom. The zero-order valence-corrected chi connectivity index (χ0v) is 17.2. The van der Waals surface area contributed by atoms with Gasteiger partial charge in [-0.3, -0.25) is 4.79 Å². The molecule has 3 aromatic rings. The number of morpholine rings is 1. The number of rotatable bonds is 4. The number of nitrogens with zero attached hydrogens (tertiary/aromatic N) is 3. The molecule has 30 heavy (non-hydrogen) atoms. The molecule has 0 aliphatic carbocycles. The number of hydrogen-bond donors (Lipinski definition) is 0. The second-order valence-corrected chi connectivity index (χ2v) is 7.50. The van der Waals surface area contributed by atoms with Gasteiger partial charge in [0, 0.05) is 18.7 Å². The molecule has 1 aliphatic heterocycles. The van der Waals surface area contributed by atoms with E-state index >= 15 is 0 Å². The first-order chi connectivity index (χ1) is 14.4. The molecule has 6 nitrogen and oxygen atoms in total. The third kappa shape index (κ3) is 4.07. The van der Waals surface area contributed by atoms with Crippen molar-refractivity contribution in [3.05, 3.63) is 66.1 Å². The van der Waals surface area contributed by atoms with Crippen LogP contribution in [0.2, 0.25) is 0 Å². The van der Waals surface area contributed by atoms with Crippen molar-refractivity contribution in [3.63, 3.8) is 0 Å². The Bertz CT molecular complexity index is 1040. The Kier molecular flexibility index (Phi) is 5.55. The van der Waals surface area contributed by atoms with Crippen molar-refractivity contribution in [1.82, 2.24) is 14.7 Å². The summed E-state index contributed by atoms with van der Waals surface area (Å²) in [4.78, 5) is 15.2. The Morgan fingerprint density at radius 3 is 2.47 bits per heavy atom. The van der Waals surface area contributed by atoms with E-state index in [4.69, 9.17) is 9.47 Å². The molecule has 0 bridgehead atoms. The summed E-state index contributed by atoms with van der Waals surface area (Å²) >= 11 is 0. The molecule has 7 heteroatoms. The zero-order valence-electron chi connectivity index (χ0n) is 17.2. The summed E-state index contributed by atoms with van der Waals surface area (Å²) in [6, 6.07) is 15.2. The predicted molar refractivity (Wildman–Crippen MR) is 111 cm³/mol. The normalized spacial score (nSPS) is 19.0. The standard InChI is InChI=1S/C23H24FN3O3/c1-15-13-26(14-16(2)30-15)23(28)22-12-21(17-5-4-6-20(11-17)29-3)25-27(22)19-9-7-18(24)8-10-19/h4-12,15-16H,13-14H2,1-3H3/t15-,16+. The van der Waals surface area contributed by atoms with Crippen molar-refractivity contribution >= 4 is 5.91 Å². The van der Waals surface area contributed by atoms with Gasteiger partial charge in [0.25, 0.3) is 5.91 Å². The molecule has 0 spiro atoms. The van der Waals surface area contributed by atoms with Crippen LogP contribution in [0.1, 0.15) is 24.3 Å². The first-order valence-corrected chi connectivity index (χ1v) is 9.90. The lowest BCUT2D eigenvalue weighted by Gasteiger charge is -2.35. The van der Waals surface area contributed by atoms with Crippen molar-refractivity contribution in [3.8, 4) is 22.7 Å². The van der Waals surface area contributed by atoms with Crippen LogP contribution in [0.25, 0.3) is 16.9 Å². The van der Waals surface area contributed by atoms with Crippen molar-refractivity contribution < 1.29 is 18.7 Å². The number of hydrogen-bond acceptors (Lipinski definition) is 4. The first-order valence-electron chi connectivity index (χ1n) is 9.90. The van der Waals surface area contributed by atoms with E-state index in [9.17, 15) is 9.18 Å². The fraction of sp³-hybridized carbons (Fsp3) is 0.304. The number of benzene rings is 2. The quantitative estimate of drug-likeness (QED) is 0.655. The summed E-state index contributed by atoms with van der Waals surface area (Å²) in [5, 5.41) is 4.67. The van der Waals surface area contributed by atoms with Gasteiger partial charge in [-0.1, -0.05) is 12.1 Å². The average Bonchev–Trinajstić information content (AvgIpc) is 3.18. The molecule has 1 amide bonds. The van der Waals surface area contributed by atoms with Crippen LogP contribution in [0, 0.1) is 5.82 Å². The summed E-state index contributed by atoms with van der Waals surface area (Å²) in [5.41, 5.74) is 2.49. The van der Waals surface area contributed by atoms with Crippen LogP contribution in [0.15, 0.2) is 54.6 Å². The van der Waals surface area contributed by atoms with Crippen molar-refractivity contribution in [1.29, 1.82) is 0 Å². The number of carbonyl (C=O) groups excluding carboxylic acids is 1. The minimum Gasteiger partial charge on any atom is -0.497 e. The van der Waals surface area contributed by atoms with Gasteiger partial charge in [0.2, 0.25) is 0 Å². The highest BCUT2D eigenvalue weighted by Gasteiger charge is 2.29. The van der Waals surface area contributed by atoms with E-state index < -0.39 is 0 Å². The molecule has 2 atom stereocenters. The lowest BCUT2D eigenvalue weighted by molar-refractivity contribution is -0.0588. The maximum atomic E-state index is 13.5. The van der Waals surface area contributed by atoms with E-state index in [0.717, 1.165) is 5.56 Å². The summed E-state index contributed by atoms with van der Waals surface area (Å²) < 4.78 is 26.1. The van der Waals surface area contributed by atoms with Crippen LogP contribution >= 0.6 is 0 Å². The van der Waals surface area contributed by atoms with Gasteiger partial charge in [-0.15, -0.1) is 0 Å². The number of methoxy groups -OCH3 is 1. The molecule has 2 aromatic carbocycles. The van der Waals surface area contributed by atoms with Gasteiger partial charge in [-0.25, -0.2) is 9.07 Å². The van der Waals surface area contributed by atoms with Crippen LogP contribution in [-0.4, -0.2) is 53.0 Å². The molecule has 1 aromatic heterocycles. The van der Waals surface area contributed by atoms with Gasteiger partial charge in [-0.2, -0.15) is 5.10 Å². The largest absolute Gasteiger partial charge is 0.497 e. The van der Waals surface area contributed by atoms with Crippen LogP contribution in [0.3, 0.4) is 0 Å². The molecule has 4 rings (SSSR count). The highest BCUT2D eigenvalue weighted by Crippen LogP contribution is 2.26. The SMILES string of the molecule is COc1cccc(-c2cc(C(=O)N3C[C@@H](C)O[C@@H](C)C3)n(-c3ccc(F)cc3)n2)c1. The van der Waals surface area contributed by atoms with Gasteiger partial charge in [0.1, 0.15) is 17.3 Å². The summed E-state index contributed by atoms with van der Waals surface area (Å²) in [7, 11) is 1.60. The number of amides is 1. The summed E-state index contributed by atoms with van der Waals surface area (Å²) in [6.45, 7) is 4.92. The third-order valence-corrected chi connectivity index (χ3v) is 5.07. The highest BCUT2D eigenvalue weighted by atomic mass is 19.1. The molecule has 0 radical (unpaired) electrons. The average molecular weight is 409 g/mol. The Hall–Kier alpha value is -3.19. The maximum absolute atomic E-state index is 13.5. The monoisotopic (exact) mass is 409 g/mol. The lowest BCUT2D eigenvalue weighted by Crippen LogP contribution is -2.48. The predicted octanol–water partition coefficient (Wildman–Crippen LogP) is 3.94. The van der Waals surface area contributed by atoms with Crippen molar-refractivity contribution in [2.24, 2.45) is 0 Å². The van der Waals surface area contributed by atoms with Gasteiger partial charge >= 0.3 is 0 Å². The lowest BCUT2D eigenvalue weighted by atomic mass is 10.1. The Labute approximate surface area is 174 Å². The maximum Gasteiger partial charge on any atom is 0.272 e. The second kappa shape index (κ2) is 8.28. The van der Waals surface area contributed by atoms with E-state index in [1.54, 1.807) is 34.9 Å². The zero-order chi connectivity index (χ0) is 21.3.